The van der Waals surface area contributed by atoms with E-state index in [-0.39, 0.29) is 0 Å². The van der Waals surface area contributed by atoms with Crippen LogP contribution in [0.15, 0.2) is 115 Å². The standard InChI is InChI=1S/C29H24N4O3/c30-29(34)33(22-7-3-1-4-8-22)23-13-17-26(18-14-23)36-25-15-11-21(12-16-25)27-19-31-28(32-27)20-35-24-9-5-2-6-10-24/h1-19H,20H2,(H2,30,34)(H,31,32). The quantitative estimate of drug-likeness (QED) is 0.262. The zero-order valence-corrected chi connectivity index (χ0v) is 19.4. The average Bonchev–Trinajstić information content (AvgIpc) is 3.39. The van der Waals surface area contributed by atoms with E-state index in [1.807, 2.05) is 84.9 Å². The second-order valence-electron chi connectivity index (χ2n) is 7.97. The molecule has 0 unspecified atom stereocenters. The lowest BCUT2D eigenvalue weighted by Crippen LogP contribution is -2.31. The van der Waals surface area contributed by atoms with Crippen molar-refractivity contribution in [1.82, 2.24) is 9.97 Å². The first-order chi connectivity index (χ1) is 17.7. The van der Waals surface area contributed by atoms with Gasteiger partial charge in [-0.3, -0.25) is 4.90 Å². The number of hydrogen-bond donors (Lipinski definition) is 2. The van der Waals surface area contributed by atoms with Gasteiger partial charge in [-0.15, -0.1) is 0 Å². The van der Waals surface area contributed by atoms with Crippen LogP contribution in [0.1, 0.15) is 5.82 Å². The molecule has 5 aromatic rings. The van der Waals surface area contributed by atoms with E-state index in [0.717, 1.165) is 22.8 Å². The van der Waals surface area contributed by atoms with Gasteiger partial charge in [-0.05, 0) is 78.4 Å². The SMILES string of the molecule is NC(=O)N(c1ccccc1)c1ccc(Oc2ccc(-c3cnc(COc4ccccc4)[nH]3)cc2)cc1. The van der Waals surface area contributed by atoms with Gasteiger partial charge in [-0.25, -0.2) is 9.78 Å². The van der Waals surface area contributed by atoms with Crippen LogP contribution in [-0.2, 0) is 6.61 Å². The fraction of sp³-hybridized carbons (Fsp3) is 0.0345. The van der Waals surface area contributed by atoms with Crippen molar-refractivity contribution < 1.29 is 14.3 Å². The number of hydrogen-bond acceptors (Lipinski definition) is 4. The predicted molar refractivity (Wildman–Crippen MR) is 139 cm³/mol. The molecule has 0 aliphatic heterocycles. The van der Waals surface area contributed by atoms with Gasteiger partial charge in [0.05, 0.1) is 23.3 Å². The molecule has 3 N–H and O–H groups in total. The normalized spacial score (nSPS) is 10.6. The summed E-state index contributed by atoms with van der Waals surface area (Å²) in [5.41, 5.74) is 8.84. The third-order valence-electron chi connectivity index (χ3n) is 5.48. The number of H-pyrrole nitrogens is 1. The Kier molecular flexibility index (Phi) is 6.62. The van der Waals surface area contributed by atoms with E-state index in [2.05, 4.69) is 9.97 Å². The van der Waals surface area contributed by atoms with E-state index in [0.29, 0.717) is 29.5 Å². The summed E-state index contributed by atoms with van der Waals surface area (Å²) < 4.78 is 11.7. The second-order valence-corrected chi connectivity index (χ2v) is 7.97. The molecule has 0 spiro atoms. The summed E-state index contributed by atoms with van der Waals surface area (Å²) in [4.78, 5) is 21.2. The number of carbonyl (C=O) groups excluding carboxylic acids is 1. The van der Waals surface area contributed by atoms with Gasteiger partial charge in [-0.2, -0.15) is 0 Å². The van der Waals surface area contributed by atoms with Crippen molar-refractivity contribution in [2.45, 2.75) is 6.61 Å². The number of benzene rings is 4. The number of amides is 2. The van der Waals surface area contributed by atoms with Crippen LogP contribution >= 0.6 is 0 Å². The largest absolute Gasteiger partial charge is 0.486 e. The van der Waals surface area contributed by atoms with Gasteiger partial charge in [0, 0.05) is 0 Å². The fourth-order valence-electron chi connectivity index (χ4n) is 3.73. The van der Waals surface area contributed by atoms with Crippen LogP contribution in [0.25, 0.3) is 11.3 Å². The van der Waals surface area contributed by atoms with Crippen molar-refractivity contribution in [1.29, 1.82) is 0 Å². The maximum absolute atomic E-state index is 12.0. The van der Waals surface area contributed by atoms with Crippen LogP contribution in [0.2, 0.25) is 0 Å². The van der Waals surface area contributed by atoms with Crippen LogP contribution in [0.5, 0.6) is 17.2 Å². The third kappa shape index (κ3) is 5.37. The molecule has 7 heteroatoms. The van der Waals surface area contributed by atoms with E-state index < -0.39 is 6.03 Å². The first-order valence-corrected chi connectivity index (χ1v) is 11.4. The number of nitrogens with one attached hydrogen (secondary N) is 1. The van der Waals surface area contributed by atoms with E-state index in [4.69, 9.17) is 15.2 Å². The lowest BCUT2D eigenvalue weighted by atomic mass is 10.1. The molecule has 0 bridgehead atoms. The number of ether oxygens (including phenoxy) is 2. The highest BCUT2D eigenvalue weighted by molar-refractivity contribution is 5.98. The maximum Gasteiger partial charge on any atom is 0.323 e. The Hall–Kier alpha value is -5.04. The molecule has 7 nitrogen and oxygen atoms in total. The number of primary amides is 1. The molecule has 5 rings (SSSR count). The monoisotopic (exact) mass is 476 g/mol. The van der Waals surface area contributed by atoms with Gasteiger partial charge in [0.25, 0.3) is 0 Å². The minimum Gasteiger partial charge on any atom is -0.486 e. The summed E-state index contributed by atoms with van der Waals surface area (Å²) in [6.07, 6.45) is 1.79. The summed E-state index contributed by atoms with van der Waals surface area (Å²) in [5.74, 6) is 2.88. The Morgan fingerprint density at radius 3 is 1.97 bits per heavy atom. The van der Waals surface area contributed by atoms with Crippen molar-refractivity contribution in [2.75, 3.05) is 4.90 Å². The van der Waals surface area contributed by atoms with Crippen LogP contribution < -0.4 is 20.1 Å². The summed E-state index contributed by atoms with van der Waals surface area (Å²) in [6.45, 7) is 0.360. The molecule has 0 saturated heterocycles. The lowest BCUT2D eigenvalue weighted by molar-refractivity contribution is 0.256. The molecule has 1 heterocycles. The molecule has 0 radical (unpaired) electrons. The molecular formula is C29H24N4O3. The Morgan fingerprint density at radius 1 is 0.750 bits per heavy atom. The Labute approximate surface area is 208 Å². The summed E-state index contributed by atoms with van der Waals surface area (Å²) in [6, 6.07) is 33.2. The number of nitrogens with zero attached hydrogens (tertiary/aromatic N) is 2. The Balaban J connectivity index is 1.22. The van der Waals surface area contributed by atoms with Gasteiger partial charge in [0.1, 0.15) is 29.7 Å². The van der Waals surface area contributed by atoms with Gasteiger partial charge >= 0.3 is 6.03 Å². The number of urea groups is 1. The number of para-hydroxylation sites is 2. The minimum absolute atomic E-state index is 0.360. The van der Waals surface area contributed by atoms with Gasteiger partial charge in [0.2, 0.25) is 0 Å². The van der Waals surface area contributed by atoms with E-state index >= 15 is 0 Å². The zero-order valence-electron chi connectivity index (χ0n) is 19.4. The molecule has 0 aliphatic carbocycles. The Morgan fingerprint density at radius 2 is 1.33 bits per heavy atom. The minimum atomic E-state index is -0.556. The number of imidazole rings is 1. The van der Waals surface area contributed by atoms with E-state index in [1.54, 1.807) is 30.5 Å². The van der Waals surface area contributed by atoms with Gasteiger partial charge < -0.3 is 20.2 Å². The highest BCUT2D eigenvalue weighted by Crippen LogP contribution is 2.30. The topological polar surface area (TPSA) is 93.5 Å². The fourth-order valence-corrected chi connectivity index (χ4v) is 3.73. The molecule has 4 aromatic carbocycles. The number of nitrogens with two attached hydrogens (primary N) is 1. The first-order valence-electron chi connectivity index (χ1n) is 11.4. The smallest absolute Gasteiger partial charge is 0.323 e. The van der Waals surface area contributed by atoms with Gasteiger partial charge in [-0.1, -0.05) is 36.4 Å². The predicted octanol–water partition coefficient (Wildman–Crippen LogP) is 6.66. The third-order valence-corrected chi connectivity index (χ3v) is 5.48. The number of aromatic nitrogens is 2. The van der Waals surface area contributed by atoms with E-state index in [1.165, 1.54) is 4.90 Å². The molecular weight excluding hydrogens is 452 g/mol. The van der Waals surface area contributed by atoms with Crippen molar-refractivity contribution in [3.63, 3.8) is 0 Å². The van der Waals surface area contributed by atoms with Gasteiger partial charge in [0.15, 0.2) is 0 Å². The number of carbonyl (C=O) groups is 1. The highest BCUT2D eigenvalue weighted by atomic mass is 16.5. The number of rotatable bonds is 8. The number of aromatic amines is 1. The average molecular weight is 477 g/mol. The molecule has 0 aliphatic rings. The highest BCUT2D eigenvalue weighted by Gasteiger charge is 2.14. The molecule has 0 fully saturated rings. The summed E-state index contributed by atoms with van der Waals surface area (Å²) >= 11 is 0. The van der Waals surface area contributed by atoms with E-state index in [9.17, 15) is 4.79 Å². The molecule has 2 amide bonds. The molecule has 178 valence electrons. The van der Waals surface area contributed by atoms with Crippen LogP contribution in [-0.4, -0.2) is 16.0 Å². The van der Waals surface area contributed by atoms with Crippen molar-refractivity contribution >= 4 is 17.4 Å². The zero-order chi connectivity index (χ0) is 24.7. The van der Waals surface area contributed by atoms with Crippen molar-refractivity contribution in [2.24, 2.45) is 5.73 Å². The number of anilines is 2. The molecule has 36 heavy (non-hydrogen) atoms. The van der Waals surface area contributed by atoms with Crippen LogP contribution in [0, 0.1) is 0 Å². The molecule has 0 atom stereocenters. The Bertz CT molecular complexity index is 1420. The van der Waals surface area contributed by atoms with Crippen LogP contribution in [0.4, 0.5) is 16.2 Å². The van der Waals surface area contributed by atoms with Crippen LogP contribution in [0.3, 0.4) is 0 Å². The second kappa shape index (κ2) is 10.5. The molecule has 1 aromatic heterocycles. The molecule has 0 saturated carbocycles. The van der Waals surface area contributed by atoms with Crippen molar-refractivity contribution in [3.8, 4) is 28.5 Å². The summed E-state index contributed by atoms with van der Waals surface area (Å²) in [7, 11) is 0. The first kappa shape index (κ1) is 22.7. The summed E-state index contributed by atoms with van der Waals surface area (Å²) in [5, 5.41) is 0. The van der Waals surface area contributed by atoms with Crippen molar-refractivity contribution in [3.05, 3.63) is 121 Å². The lowest BCUT2D eigenvalue weighted by Gasteiger charge is -2.20. The maximum atomic E-state index is 12.0.